The molecule has 1 N–H and O–H groups in total. The molecule has 0 aliphatic heterocycles. The van der Waals surface area contributed by atoms with Gasteiger partial charge in [-0.05, 0) is 44.1 Å². The summed E-state index contributed by atoms with van der Waals surface area (Å²) >= 11 is 0. The van der Waals surface area contributed by atoms with Crippen LogP contribution in [0, 0.1) is 0 Å². The van der Waals surface area contributed by atoms with Crippen molar-refractivity contribution in [2.75, 3.05) is 26.7 Å². The van der Waals surface area contributed by atoms with E-state index in [2.05, 4.69) is 41.4 Å². The number of nitrogens with one attached hydrogen (secondary N) is 1. The topological polar surface area (TPSA) is 24.5 Å². The molecule has 2 rings (SSSR count). The monoisotopic (exact) mass is 290 g/mol. The Kier molecular flexibility index (Phi) is 7.04. The number of likely N-dealkylation sites (N-methyl/N-ethyl adjacent to an activating group) is 1. The van der Waals surface area contributed by atoms with E-state index in [-0.39, 0.29) is 0 Å². The van der Waals surface area contributed by atoms with Crippen molar-refractivity contribution in [3.8, 4) is 5.75 Å². The number of nitrogens with zero attached hydrogens (tertiary/aromatic N) is 1. The lowest BCUT2D eigenvalue weighted by atomic mass is 9.94. The summed E-state index contributed by atoms with van der Waals surface area (Å²) in [5.74, 6) is 0.988. The summed E-state index contributed by atoms with van der Waals surface area (Å²) in [5, 5.41) is 3.17. The van der Waals surface area contributed by atoms with E-state index in [0.717, 1.165) is 38.0 Å². The maximum absolute atomic E-state index is 5.95. The third kappa shape index (κ3) is 5.33. The zero-order valence-corrected chi connectivity index (χ0v) is 13.6. The summed E-state index contributed by atoms with van der Waals surface area (Å²) in [5.41, 5.74) is 1.27. The second-order valence-corrected chi connectivity index (χ2v) is 5.95. The van der Waals surface area contributed by atoms with Crippen LogP contribution in [0.3, 0.4) is 0 Å². The van der Waals surface area contributed by atoms with Gasteiger partial charge in [0.25, 0.3) is 0 Å². The van der Waals surface area contributed by atoms with E-state index in [9.17, 15) is 0 Å². The Balaban J connectivity index is 1.77. The number of hydrogen-bond acceptors (Lipinski definition) is 3. The molecule has 0 saturated heterocycles. The van der Waals surface area contributed by atoms with Crippen molar-refractivity contribution in [2.45, 2.75) is 51.6 Å². The van der Waals surface area contributed by atoms with Crippen molar-refractivity contribution in [1.82, 2.24) is 10.2 Å². The van der Waals surface area contributed by atoms with E-state index in [1.54, 1.807) is 0 Å². The molecule has 1 aromatic rings. The highest BCUT2D eigenvalue weighted by molar-refractivity contribution is 5.28. The molecule has 0 atom stereocenters. The summed E-state index contributed by atoms with van der Waals surface area (Å²) < 4.78 is 5.95. The summed E-state index contributed by atoms with van der Waals surface area (Å²) in [6, 6.07) is 9.16. The van der Waals surface area contributed by atoms with Gasteiger partial charge >= 0.3 is 0 Å². The second-order valence-electron chi connectivity index (χ2n) is 5.95. The van der Waals surface area contributed by atoms with Crippen LogP contribution >= 0.6 is 0 Å². The van der Waals surface area contributed by atoms with Crippen LogP contribution in [0.1, 0.15) is 44.6 Å². The molecule has 0 unspecified atom stereocenters. The van der Waals surface area contributed by atoms with Crippen molar-refractivity contribution >= 4 is 0 Å². The second kappa shape index (κ2) is 9.06. The van der Waals surface area contributed by atoms with Gasteiger partial charge in [-0.15, -0.1) is 0 Å². The fourth-order valence-corrected chi connectivity index (χ4v) is 3.28. The SMILES string of the molecule is CCN(CCOc1cccc(CNC)c1)C1CCCCC1. The number of hydrogen-bond donors (Lipinski definition) is 1. The van der Waals surface area contributed by atoms with E-state index in [0.29, 0.717) is 0 Å². The maximum atomic E-state index is 5.95. The van der Waals surface area contributed by atoms with Crippen LogP contribution in [0.5, 0.6) is 5.75 Å². The molecule has 0 bridgehead atoms. The first-order valence-corrected chi connectivity index (χ1v) is 8.44. The van der Waals surface area contributed by atoms with E-state index >= 15 is 0 Å². The van der Waals surface area contributed by atoms with Crippen LogP contribution in [0.4, 0.5) is 0 Å². The Hall–Kier alpha value is -1.06. The molecule has 1 aromatic carbocycles. The predicted molar refractivity (Wildman–Crippen MR) is 88.8 cm³/mol. The lowest BCUT2D eigenvalue weighted by molar-refractivity contribution is 0.137. The molecular formula is C18H30N2O. The number of benzene rings is 1. The van der Waals surface area contributed by atoms with E-state index in [1.165, 1.54) is 37.7 Å². The summed E-state index contributed by atoms with van der Waals surface area (Å²) in [6.07, 6.45) is 6.95. The summed E-state index contributed by atoms with van der Waals surface area (Å²) in [6.45, 7) is 6.11. The molecule has 0 aromatic heterocycles. The highest BCUT2D eigenvalue weighted by Gasteiger charge is 2.19. The number of ether oxygens (including phenoxy) is 1. The molecule has 0 radical (unpaired) electrons. The Morgan fingerprint density at radius 3 is 2.76 bits per heavy atom. The van der Waals surface area contributed by atoms with Gasteiger partial charge in [0.15, 0.2) is 0 Å². The van der Waals surface area contributed by atoms with Crippen molar-refractivity contribution in [3.63, 3.8) is 0 Å². The van der Waals surface area contributed by atoms with Gasteiger partial charge in [-0.25, -0.2) is 0 Å². The fourth-order valence-electron chi connectivity index (χ4n) is 3.28. The lowest BCUT2D eigenvalue weighted by Crippen LogP contribution is -2.39. The van der Waals surface area contributed by atoms with Gasteiger partial charge in [0.1, 0.15) is 12.4 Å². The van der Waals surface area contributed by atoms with Gasteiger partial charge in [0.05, 0.1) is 0 Å². The van der Waals surface area contributed by atoms with Crippen molar-refractivity contribution in [2.24, 2.45) is 0 Å². The van der Waals surface area contributed by atoms with Crippen LogP contribution in [-0.4, -0.2) is 37.7 Å². The third-order valence-electron chi connectivity index (χ3n) is 4.42. The first kappa shape index (κ1) is 16.3. The maximum Gasteiger partial charge on any atom is 0.119 e. The van der Waals surface area contributed by atoms with Gasteiger partial charge < -0.3 is 10.1 Å². The smallest absolute Gasteiger partial charge is 0.119 e. The largest absolute Gasteiger partial charge is 0.492 e. The Morgan fingerprint density at radius 1 is 1.24 bits per heavy atom. The van der Waals surface area contributed by atoms with E-state index < -0.39 is 0 Å². The van der Waals surface area contributed by atoms with Gasteiger partial charge in [-0.1, -0.05) is 38.3 Å². The van der Waals surface area contributed by atoms with Crippen LogP contribution in [0.2, 0.25) is 0 Å². The molecule has 0 amide bonds. The summed E-state index contributed by atoms with van der Waals surface area (Å²) in [7, 11) is 1.97. The molecule has 1 fully saturated rings. The van der Waals surface area contributed by atoms with Gasteiger partial charge in [0.2, 0.25) is 0 Å². The standard InChI is InChI=1S/C18H30N2O/c1-3-20(17-9-5-4-6-10-17)12-13-21-18-11-7-8-16(14-18)15-19-2/h7-8,11,14,17,19H,3-6,9-10,12-13,15H2,1-2H3. The molecule has 1 aliphatic carbocycles. The quantitative estimate of drug-likeness (QED) is 0.794. The first-order chi connectivity index (χ1) is 10.3. The Labute approximate surface area is 129 Å². The molecular weight excluding hydrogens is 260 g/mol. The average Bonchev–Trinajstić information content (AvgIpc) is 2.53. The highest BCUT2D eigenvalue weighted by atomic mass is 16.5. The highest BCUT2D eigenvalue weighted by Crippen LogP contribution is 2.22. The zero-order valence-electron chi connectivity index (χ0n) is 13.6. The Morgan fingerprint density at radius 2 is 2.05 bits per heavy atom. The molecule has 0 heterocycles. The van der Waals surface area contributed by atoms with Crippen LogP contribution in [0.15, 0.2) is 24.3 Å². The van der Waals surface area contributed by atoms with Crippen LogP contribution in [0.25, 0.3) is 0 Å². The van der Waals surface area contributed by atoms with Gasteiger partial charge in [-0.2, -0.15) is 0 Å². The fraction of sp³-hybridized carbons (Fsp3) is 0.667. The minimum atomic E-state index is 0.781. The Bertz CT molecular complexity index is 402. The minimum absolute atomic E-state index is 0.781. The van der Waals surface area contributed by atoms with Crippen LogP contribution in [-0.2, 0) is 6.54 Å². The van der Waals surface area contributed by atoms with Crippen LogP contribution < -0.4 is 10.1 Å². The van der Waals surface area contributed by atoms with Crippen molar-refractivity contribution in [1.29, 1.82) is 0 Å². The molecule has 118 valence electrons. The molecule has 1 saturated carbocycles. The predicted octanol–water partition coefficient (Wildman–Crippen LogP) is 3.44. The first-order valence-electron chi connectivity index (χ1n) is 8.44. The minimum Gasteiger partial charge on any atom is -0.492 e. The molecule has 1 aliphatic rings. The average molecular weight is 290 g/mol. The van der Waals surface area contributed by atoms with Gasteiger partial charge in [0, 0.05) is 19.1 Å². The molecule has 0 spiro atoms. The third-order valence-corrected chi connectivity index (χ3v) is 4.42. The normalized spacial score (nSPS) is 16.3. The zero-order chi connectivity index (χ0) is 14.9. The summed E-state index contributed by atoms with van der Waals surface area (Å²) in [4.78, 5) is 2.59. The molecule has 21 heavy (non-hydrogen) atoms. The van der Waals surface area contributed by atoms with E-state index in [1.807, 2.05) is 7.05 Å². The van der Waals surface area contributed by atoms with Crippen molar-refractivity contribution in [3.05, 3.63) is 29.8 Å². The van der Waals surface area contributed by atoms with Gasteiger partial charge in [-0.3, -0.25) is 4.90 Å². The molecule has 3 nitrogen and oxygen atoms in total. The number of rotatable bonds is 8. The van der Waals surface area contributed by atoms with E-state index in [4.69, 9.17) is 4.74 Å². The van der Waals surface area contributed by atoms with Crippen molar-refractivity contribution < 1.29 is 4.74 Å². The lowest BCUT2D eigenvalue weighted by Gasteiger charge is -2.33. The molecule has 3 heteroatoms.